The van der Waals surface area contributed by atoms with Crippen LogP contribution in [0.25, 0.3) is 0 Å². The van der Waals surface area contributed by atoms with Crippen LogP contribution in [0.1, 0.15) is 79.6 Å². The zero-order valence-corrected chi connectivity index (χ0v) is 26.1. The first-order valence-corrected chi connectivity index (χ1v) is 15.3. The molecule has 1 unspecified atom stereocenters. The summed E-state index contributed by atoms with van der Waals surface area (Å²) in [5.41, 5.74) is 0.719. The average Bonchev–Trinajstić information content (AvgIpc) is 3.61. The van der Waals surface area contributed by atoms with Gasteiger partial charge in [-0.1, -0.05) is 30.7 Å². The summed E-state index contributed by atoms with van der Waals surface area (Å²) in [4.78, 5) is 64.4. The molecule has 0 radical (unpaired) electrons. The fourth-order valence-corrected chi connectivity index (χ4v) is 5.86. The summed E-state index contributed by atoms with van der Waals surface area (Å²) in [6.07, 6.45) is 10.4. The van der Waals surface area contributed by atoms with Crippen LogP contribution in [0.5, 0.6) is 0 Å². The molecule has 4 saturated heterocycles. The molecule has 0 aliphatic carbocycles. The highest BCUT2D eigenvalue weighted by Crippen LogP contribution is 2.43. The number of rotatable bonds is 11. The minimum atomic E-state index is -0.682. The van der Waals surface area contributed by atoms with Gasteiger partial charge in [0, 0.05) is 38.7 Å². The smallest absolute Gasteiger partial charge is 0.335 e. The maximum Gasteiger partial charge on any atom is 0.335 e. The molecule has 0 aromatic carbocycles. The maximum atomic E-state index is 12.4. The van der Waals surface area contributed by atoms with Gasteiger partial charge in [0.15, 0.2) is 0 Å². The highest BCUT2D eigenvalue weighted by atomic mass is 16.7. The van der Waals surface area contributed by atoms with Gasteiger partial charge in [-0.15, -0.1) is 5.06 Å². The molecule has 0 aromatic rings. The van der Waals surface area contributed by atoms with Crippen molar-refractivity contribution in [3.8, 4) is 0 Å². The molecule has 4 aliphatic heterocycles. The highest BCUT2D eigenvalue weighted by molar-refractivity contribution is 6.01. The number of nitrogens with zero attached hydrogens (tertiary/aromatic N) is 1. The molecule has 12 heteroatoms. The van der Waals surface area contributed by atoms with Crippen molar-refractivity contribution in [2.45, 2.75) is 122 Å². The molecule has 0 aromatic heterocycles. The number of hydroxylamine groups is 2. The van der Waals surface area contributed by atoms with E-state index in [0.29, 0.717) is 30.9 Å². The lowest BCUT2D eigenvalue weighted by molar-refractivity contribution is -0.200. The van der Waals surface area contributed by atoms with Crippen molar-refractivity contribution in [3.63, 3.8) is 0 Å². The van der Waals surface area contributed by atoms with Gasteiger partial charge in [0.1, 0.15) is 6.10 Å². The Labute approximate surface area is 258 Å². The largest absolute Gasteiger partial charge is 0.459 e. The number of imide groups is 1. The molecule has 4 rings (SSSR count). The van der Waals surface area contributed by atoms with E-state index in [9.17, 15) is 24.0 Å². The Morgan fingerprint density at radius 2 is 1.80 bits per heavy atom. The zero-order chi connectivity index (χ0) is 32.0. The lowest BCUT2D eigenvalue weighted by Crippen LogP contribution is -2.50. The number of carbonyl (C=O) groups is 5. The van der Waals surface area contributed by atoms with Gasteiger partial charge < -0.3 is 29.1 Å². The van der Waals surface area contributed by atoms with E-state index in [0.717, 1.165) is 12.0 Å². The summed E-state index contributed by atoms with van der Waals surface area (Å²) >= 11 is 0. The summed E-state index contributed by atoms with van der Waals surface area (Å²) < 4.78 is 23.1. The second-order valence-electron chi connectivity index (χ2n) is 12.4. The number of hydrogen-bond acceptors (Lipinski definition) is 10. The Bertz CT molecular complexity index is 1190. The van der Waals surface area contributed by atoms with E-state index in [4.69, 9.17) is 23.8 Å². The van der Waals surface area contributed by atoms with E-state index < -0.39 is 36.0 Å². The van der Waals surface area contributed by atoms with E-state index in [1.165, 1.54) is 13.0 Å². The molecular weight excluding hydrogens is 572 g/mol. The predicted molar refractivity (Wildman–Crippen MR) is 156 cm³/mol. The normalized spacial score (nSPS) is 33.2. The summed E-state index contributed by atoms with van der Waals surface area (Å²) in [6, 6.07) is -0.130. The predicted octanol–water partition coefficient (Wildman–Crippen LogP) is 3.00. The molecule has 4 aliphatic rings. The first-order valence-electron chi connectivity index (χ1n) is 15.3. The molecular formula is C32H44N2O10. The number of ether oxygens (including phenoxy) is 4. The van der Waals surface area contributed by atoms with E-state index in [1.54, 1.807) is 13.0 Å². The Morgan fingerprint density at radius 1 is 1.09 bits per heavy atom. The number of carbonyl (C=O) groups excluding carboxylic acids is 5. The standard InChI is InChI=1S/C32H44N2O10/c1-19(7-10-27-20(2)14-26(22(4)42-27)33-28(36)11-8-21(3)41-23(5)35)6-9-24-16-32(18-40-32)17-25(43-24)15-31(39)44-34-29(37)12-13-30(34)38/h6-9,11,20-22,24-27H,10,12-18H2,1-5H3,(H,33,36)/b9-6+,11-8?,19-7+/t20-,21?,22+,24+,25+,26+,27-,32+/m0/s1. The van der Waals surface area contributed by atoms with Gasteiger partial charge in [0.05, 0.1) is 49.1 Å². The Balaban J connectivity index is 1.23. The van der Waals surface area contributed by atoms with Gasteiger partial charge in [0.2, 0.25) is 5.91 Å². The third kappa shape index (κ3) is 9.57. The van der Waals surface area contributed by atoms with Crippen LogP contribution < -0.4 is 5.32 Å². The van der Waals surface area contributed by atoms with Gasteiger partial charge in [0.25, 0.3) is 11.8 Å². The Kier molecular flexibility index (Phi) is 11.1. The van der Waals surface area contributed by atoms with Crippen molar-refractivity contribution >= 4 is 29.7 Å². The number of hydrogen-bond donors (Lipinski definition) is 1. The van der Waals surface area contributed by atoms with Crippen molar-refractivity contribution in [1.82, 2.24) is 10.4 Å². The highest BCUT2D eigenvalue weighted by Gasteiger charge is 2.51. The molecule has 3 amide bonds. The lowest BCUT2D eigenvalue weighted by atomic mass is 9.88. The van der Waals surface area contributed by atoms with Crippen LogP contribution in [-0.4, -0.2) is 83.5 Å². The molecule has 4 heterocycles. The van der Waals surface area contributed by atoms with Crippen molar-refractivity contribution < 1.29 is 47.8 Å². The van der Waals surface area contributed by atoms with E-state index in [2.05, 4.69) is 18.3 Å². The number of amides is 3. The minimum Gasteiger partial charge on any atom is -0.459 e. The van der Waals surface area contributed by atoms with Crippen LogP contribution in [0, 0.1) is 5.92 Å². The monoisotopic (exact) mass is 616 g/mol. The lowest BCUT2D eigenvalue weighted by Gasteiger charge is -2.39. The first kappa shape index (κ1) is 33.5. The fraction of sp³-hybridized carbons (Fsp3) is 0.656. The third-order valence-electron chi connectivity index (χ3n) is 8.35. The van der Waals surface area contributed by atoms with Crippen molar-refractivity contribution in [3.05, 3.63) is 36.0 Å². The van der Waals surface area contributed by atoms with Crippen LogP contribution in [0.4, 0.5) is 0 Å². The van der Waals surface area contributed by atoms with Gasteiger partial charge >= 0.3 is 11.9 Å². The molecule has 1 N–H and O–H groups in total. The first-order chi connectivity index (χ1) is 20.8. The average molecular weight is 617 g/mol. The van der Waals surface area contributed by atoms with Crippen LogP contribution in [-0.2, 0) is 47.8 Å². The zero-order valence-electron chi connectivity index (χ0n) is 26.1. The SMILES string of the molecule is CC(=O)OC(C)C=CC(=O)N[C@@H]1C[C@H](C)[C@H](C/C=C(C)/C=C/[C@@H]2C[C@]3(CO3)C[C@@H](CC(=O)ON3C(=O)CCC3=O)O2)O[C@@H]1C. The quantitative estimate of drug-likeness (QED) is 0.121. The second-order valence-corrected chi connectivity index (χ2v) is 12.4. The topological polar surface area (TPSA) is 150 Å². The molecule has 0 bridgehead atoms. The molecule has 8 atom stereocenters. The summed E-state index contributed by atoms with van der Waals surface area (Å²) in [5, 5.41) is 3.55. The second kappa shape index (κ2) is 14.6. The minimum absolute atomic E-state index is 0.000130. The number of epoxide rings is 1. The van der Waals surface area contributed by atoms with Crippen LogP contribution >= 0.6 is 0 Å². The van der Waals surface area contributed by atoms with Crippen LogP contribution in [0.2, 0.25) is 0 Å². The van der Waals surface area contributed by atoms with Crippen molar-refractivity contribution in [2.75, 3.05) is 6.61 Å². The number of allylic oxidation sites excluding steroid dienone is 2. The van der Waals surface area contributed by atoms with Crippen molar-refractivity contribution in [2.24, 2.45) is 5.92 Å². The van der Waals surface area contributed by atoms with Gasteiger partial charge in [-0.25, -0.2) is 4.79 Å². The molecule has 0 saturated carbocycles. The third-order valence-corrected chi connectivity index (χ3v) is 8.35. The molecule has 44 heavy (non-hydrogen) atoms. The van der Waals surface area contributed by atoms with E-state index in [1.807, 2.05) is 26.0 Å². The van der Waals surface area contributed by atoms with Crippen LogP contribution in [0.15, 0.2) is 36.0 Å². The molecule has 4 fully saturated rings. The van der Waals surface area contributed by atoms with Crippen LogP contribution in [0.3, 0.4) is 0 Å². The maximum absolute atomic E-state index is 12.4. The summed E-state index contributed by atoms with van der Waals surface area (Å²) in [7, 11) is 0. The molecule has 12 nitrogen and oxygen atoms in total. The summed E-state index contributed by atoms with van der Waals surface area (Å²) in [6.45, 7) is 9.69. The fourth-order valence-electron chi connectivity index (χ4n) is 5.86. The number of nitrogens with one attached hydrogen (secondary N) is 1. The van der Waals surface area contributed by atoms with Crippen molar-refractivity contribution in [1.29, 1.82) is 0 Å². The Morgan fingerprint density at radius 3 is 2.45 bits per heavy atom. The van der Waals surface area contributed by atoms with E-state index in [-0.39, 0.29) is 61.0 Å². The van der Waals surface area contributed by atoms with E-state index >= 15 is 0 Å². The van der Waals surface area contributed by atoms with Gasteiger partial charge in [-0.2, -0.15) is 0 Å². The molecule has 242 valence electrons. The summed E-state index contributed by atoms with van der Waals surface area (Å²) in [5.74, 6) is -2.14. The van der Waals surface area contributed by atoms with Gasteiger partial charge in [-0.3, -0.25) is 19.2 Å². The Hall–Kier alpha value is -3.35. The van der Waals surface area contributed by atoms with Gasteiger partial charge in [-0.05, 0) is 45.6 Å². The number of esters is 1. The molecule has 1 spiro atoms.